The van der Waals surface area contributed by atoms with Crippen molar-refractivity contribution in [2.24, 2.45) is 0 Å². The summed E-state index contributed by atoms with van der Waals surface area (Å²) in [6.45, 7) is 0. The van der Waals surface area contributed by atoms with Gasteiger partial charge in [-0.1, -0.05) is 6.07 Å². The Morgan fingerprint density at radius 1 is 0.939 bits per heavy atom. The molecule has 0 radical (unpaired) electrons. The van der Waals surface area contributed by atoms with Crippen LogP contribution < -0.4 is 19.5 Å². The molecule has 8 heteroatoms. The Morgan fingerprint density at radius 2 is 1.64 bits per heavy atom. The zero-order valence-electron chi connectivity index (χ0n) is 17.8. The minimum atomic E-state index is -0.670. The van der Waals surface area contributed by atoms with Gasteiger partial charge >= 0.3 is 5.97 Å². The number of rotatable bonds is 7. The summed E-state index contributed by atoms with van der Waals surface area (Å²) in [5, 5.41) is 12.0. The molecule has 0 aliphatic rings. The van der Waals surface area contributed by atoms with Gasteiger partial charge in [0.05, 0.1) is 19.8 Å². The van der Waals surface area contributed by atoms with Gasteiger partial charge in [-0.15, -0.1) is 0 Å². The molecule has 166 valence electrons. The fraction of sp³-hybridized carbons (Fsp3) is 0.0800. The second kappa shape index (κ2) is 10.6. The third kappa shape index (κ3) is 5.95. The molecule has 0 aliphatic heterocycles. The summed E-state index contributed by atoms with van der Waals surface area (Å²) >= 11 is 0. The number of carbonyl (C=O) groups is 2. The maximum absolute atomic E-state index is 13.0. The van der Waals surface area contributed by atoms with Crippen molar-refractivity contribution in [3.05, 3.63) is 89.2 Å². The lowest BCUT2D eigenvalue weighted by Crippen LogP contribution is -2.13. The lowest BCUT2D eigenvalue weighted by molar-refractivity contribution is -0.112. The highest BCUT2D eigenvalue weighted by Gasteiger charge is 2.15. The van der Waals surface area contributed by atoms with Gasteiger partial charge in [0.2, 0.25) is 0 Å². The Labute approximate surface area is 189 Å². The zero-order valence-corrected chi connectivity index (χ0v) is 17.8. The average molecular weight is 446 g/mol. The van der Waals surface area contributed by atoms with Gasteiger partial charge in [-0.3, -0.25) is 4.79 Å². The Hall–Kier alpha value is -4.64. The van der Waals surface area contributed by atoms with Gasteiger partial charge in [-0.2, -0.15) is 5.26 Å². The lowest BCUT2D eigenvalue weighted by Gasteiger charge is -2.11. The van der Waals surface area contributed by atoms with Crippen LogP contribution in [0.15, 0.2) is 72.3 Å². The van der Waals surface area contributed by atoms with Crippen LogP contribution in [0.25, 0.3) is 6.08 Å². The summed E-state index contributed by atoms with van der Waals surface area (Å²) in [6.07, 6.45) is 1.34. The molecule has 0 aliphatic carbocycles. The minimum Gasteiger partial charge on any atom is -0.497 e. The lowest BCUT2D eigenvalue weighted by atomic mass is 10.1. The molecule has 0 fully saturated rings. The fourth-order valence-electron chi connectivity index (χ4n) is 2.80. The van der Waals surface area contributed by atoms with Gasteiger partial charge in [-0.05, 0) is 72.3 Å². The standard InChI is InChI=1S/C25H19FN2O5/c1-31-21-10-4-17(5-11-21)25(30)33-23-14-16(3-12-22(23)32-2)13-18(15-27)24(29)28-20-8-6-19(26)7-9-20/h3-14H,1-2H3,(H,28,29)/b18-13-. The quantitative estimate of drug-likeness (QED) is 0.246. The number of hydrogen-bond acceptors (Lipinski definition) is 6. The summed E-state index contributed by atoms with van der Waals surface area (Å²) in [4.78, 5) is 25.0. The first-order valence-corrected chi connectivity index (χ1v) is 9.66. The summed E-state index contributed by atoms with van der Waals surface area (Å²) in [7, 11) is 2.94. The molecular formula is C25H19FN2O5. The molecule has 0 bridgehead atoms. The number of nitriles is 1. The second-order valence-corrected chi connectivity index (χ2v) is 6.66. The van der Waals surface area contributed by atoms with E-state index in [1.54, 1.807) is 36.4 Å². The van der Waals surface area contributed by atoms with Crippen LogP contribution in [0.4, 0.5) is 10.1 Å². The van der Waals surface area contributed by atoms with Crippen molar-refractivity contribution in [1.82, 2.24) is 0 Å². The fourth-order valence-corrected chi connectivity index (χ4v) is 2.80. The molecule has 3 aromatic carbocycles. The van der Waals surface area contributed by atoms with E-state index in [1.165, 1.54) is 50.6 Å². The Kier molecular flexibility index (Phi) is 7.39. The van der Waals surface area contributed by atoms with Gasteiger partial charge in [-0.25, -0.2) is 9.18 Å². The van der Waals surface area contributed by atoms with E-state index >= 15 is 0 Å². The van der Waals surface area contributed by atoms with Crippen LogP contribution in [-0.4, -0.2) is 26.1 Å². The number of esters is 1. The largest absolute Gasteiger partial charge is 0.497 e. The van der Waals surface area contributed by atoms with Crippen molar-refractivity contribution < 1.29 is 28.2 Å². The van der Waals surface area contributed by atoms with Gasteiger partial charge in [0.15, 0.2) is 11.5 Å². The molecule has 0 aromatic heterocycles. The number of nitrogens with one attached hydrogen (secondary N) is 1. The number of methoxy groups -OCH3 is 2. The van der Waals surface area contributed by atoms with Crippen LogP contribution in [0, 0.1) is 17.1 Å². The molecule has 7 nitrogen and oxygen atoms in total. The smallest absolute Gasteiger partial charge is 0.343 e. The number of nitrogens with zero attached hydrogens (tertiary/aromatic N) is 1. The van der Waals surface area contributed by atoms with Crippen molar-refractivity contribution in [2.45, 2.75) is 0 Å². The Bertz CT molecular complexity index is 1230. The molecule has 1 amide bonds. The Balaban J connectivity index is 1.82. The molecule has 3 rings (SSSR count). The first kappa shape index (κ1) is 23.0. The van der Waals surface area contributed by atoms with Gasteiger partial charge in [0.25, 0.3) is 5.91 Å². The van der Waals surface area contributed by atoms with E-state index in [0.717, 1.165) is 0 Å². The molecule has 0 saturated carbocycles. The molecule has 1 N–H and O–H groups in total. The molecule has 3 aromatic rings. The maximum atomic E-state index is 13.0. The van der Waals surface area contributed by atoms with Crippen LogP contribution in [-0.2, 0) is 4.79 Å². The zero-order chi connectivity index (χ0) is 23.8. The Morgan fingerprint density at radius 3 is 2.24 bits per heavy atom. The number of carbonyl (C=O) groups excluding carboxylic acids is 2. The van der Waals surface area contributed by atoms with Crippen molar-refractivity contribution in [3.8, 4) is 23.3 Å². The molecule has 33 heavy (non-hydrogen) atoms. The SMILES string of the molecule is COc1ccc(C(=O)Oc2cc(/C=C(/C#N)C(=O)Nc3ccc(F)cc3)ccc2OC)cc1. The van der Waals surface area contributed by atoms with E-state index in [1.807, 2.05) is 6.07 Å². The van der Waals surface area contributed by atoms with Gasteiger partial charge in [0.1, 0.15) is 23.2 Å². The summed E-state index contributed by atoms with van der Waals surface area (Å²) in [5.41, 5.74) is 0.873. The van der Waals surface area contributed by atoms with E-state index in [0.29, 0.717) is 28.3 Å². The van der Waals surface area contributed by atoms with Crippen molar-refractivity contribution in [2.75, 3.05) is 19.5 Å². The highest BCUT2D eigenvalue weighted by molar-refractivity contribution is 6.09. The van der Waals surface area contributed by atoms with Crippen LogP contribution in [0.3, 0.4) is 0 Å². The van der Waals surface area contributed by atoms with Crippen molar-refractivity contribution in [3.63, 3.8) is 0 Å². The van der Waals surface area contributed by atoms with E-state index in [-0.39, 0.29) is 11.3 Å². The maximum Gasteiger partial charge on any atom is 0.343 e. The summed E-state index contributed by atoms with van der Waals surface area (Å²) in [6, 6.07) is 18.0. The van der Waals surface area contributed by atoms with E-state index < -0.39 is 17.7 Å². The molecule has 0 heterocycles. The first-order valence-electron chi connectivity index (χ1n) is 9.66. The highest BCUT2D eigenvalue weighted by atomic mass is 19.1. The molecule has 0 unspecified atom stereocenters. The van der Waals surface area contributed by atoms with E-state index in [4.69, 9.17) is 14.2 Å². The third-order valence-corrected chi connectivity index (χ3v) is 4.49. The van der Waals surface area contributed by atoms with Crippen LogP contribution in [0.2, 0.25) is 0 Å². The van der Waals surface area contributed by atoms with Crippen LogP contribution in [0.1, 0.15) is 15.9 Å². The minimum absolute atomic E-state index is 0.114. The monoisotopic (exact) mass is 446 g/mol. The predicted molar refractivity (Wildman–Crippen MR) is 120 cm³/mol. The van der Waals surface area contributed by atoms with E-state index in [9.17, 15) is 19.2 Å². The van der Waals surface area contributed by atoms with E-state index in [2.05, 4.69) is 5.32 Å². The van der Waals surface area contributed by atoms with Crippen LogP contribution >= 0.6 is 0 Å². The molecular weight excluding hydrogens is 427 g/mol. The van der Waals surface area contributed by atoms with Gasteiger partial charge in [0, 0.05) is 5.69 Å². The van der Waals surface area contributed by atoms with Gasteiger partial charge < -0.3 is 19.5 Å². The number of halogens is 1. The second-order valence-electron chi connectivity index (χ2n) is 6.66. The topological polar surface area (TPSA) is 97.7 Å². The van der Waals surface area contributed by atoms with Crippen molar-refractivity contribution in [1.29, 1.82) is 5.26 Å². The average Bonchev–Trinajstić information content (AvgIpc) is 2.84. The van der Waals surface area contributed by atoms with Crippen LogP contribution in [0.5, 0.6) is 17.2 Å². The number of ether oxygens (including phenoxy) is 3. The highest BCUT2D eigenvalue weighted by Crippen LogP contribution is 2.30. The molecule has 0 spiro atoms. The number of amides is 1. The normalized spacial score (nSPS) is 10.7. The summed E-state index contributed by atoms with van der Waals surface area (Å²) < 4.78 is 28.8. The number of hydrogen-bond donors (Lipinski definition) is 1. The molecule has 0 atom stereocenters. The number of benzene rings is 3. The summed E-state index contributed by atoms with van der Waals surface area (Å²) in [5.74, 6) is -0.729. The van der Waals surface area contributed by atoms with Crippen molar-refractivity contribution >= 4 is 23.6 Å². The first-order chi connectivity index (χ1) is 15.9. The molecule has 0 saturated heterocycles. The predicted octanol–water partition coefficient (Wildman–Crippen LogP) is 4.61. The number of anilines is 1. The third-order valence-electron chi connectivity index (χ3n) is 4.49.